The van der Waals surface area contributed by atoms with Crippen LogP contribution in [0.5, 0.6) is 0 Å². The van der Waals surface area contributed by atoms with Gasteiger partial charge in [-0.25, -0.2) is 0 Å². The molecule has 2 atom stereocenters. The van der Waals surface area contributed by atoms with Crippen molar-refractivity contribution in [2.24, 2.45) is 5.73 Å². The zero-order chi connectivity index (χ0) is 28.0. The lowest BCUT2D eigenvalue weighted by atomic mass is 9.82. The summed E-state index contributed by atoms with van der Waals surface area (Å²) in [6, 6.07) is 56.4. The van der Waals surface area contributed by atoms with E-state index < -0.39 is 0 Å². The highest BCUT2D eigenvalue weighted by molar-refractivity contribution is 6.28. The van der Waals surface area contributed by atoms with Gasteiger partial charge in [-0.2, -0.15) is 0 Å². The van der Waals surface area contributed by atoms with Crippen LogP contribution in [0.2, 0.25) is 0 Å². The zero-order valence-corrected chi connectivity index (χ0v) is 23.2. The molecule has 8 aromatic rings. The zero-order valence-electron chi connectivity index (χ0n) is 23.2. The molecule has 0 aliphatic rings. The number of hydrogen-bond donors (Lipinski definition) is 1. The van der Waals surface area contributed by atoms with Crippen LogP contribution in [0.3, 0.4) is 0 Å². The number of rotatable bonds is 5. The van der Waals surface area contributed by atoms with Crippen molar-refractivity contribution in [2.75, 3.05) is 0 Å². The maximum Gasteiger partial charge on any atom is 0.0547 e. The van der Waals surface area contributed by atoms with Crippen LogP contribution in [0, 0.1) is 0 Å². The smallest absolute Gasteiger partial charge is 0.0547 e. The number of benzene rings is 7. The van der Waals surface area contributed by atoms with E-state index in [-0.39, 0.29) is 12.0 Å². The Labute approximate surface area is 245 Å². The molecule has 8 rings (SSSR count). The Morgan fingerprint density at radius 3 is 1.40 bits per heavy atom. The molecule has 0 amide bonds. The second kappa shape index (κ2) is 10.0. The van der Waals surface area contributed by atoms with Gasteiger partial charge in [0.2, 0.25) is 0 Å². The normalized spacial score (nSPS) is 13.2. The van der Waals surface area contributed by atoms with Gasteiger partial charge in [-0.3, -0.25) is 0 Å². The van der Waals surface area contributed by atoms with Crippen molar-refractivity contribution in [3.05, 3.63) is 174 Å². The molecule has 200 valence electrons. The van der Waals surface area contributed by atoms with E-state index in [0.29, 0.717) is 0 Å². The Morgan fingerprint density at radius 1 is 0.405 bits per heavy atom. The minimum Gasteiger partial charge on any atom is -0.323 e. The largest absolute Gasteiger partial charge is 0.323 e. The molecule has 0 spiro atoms. The monoisotopic (exact) mass is 538 g/mol. The van der Waals surface area contributed by atoms with Crippen LogP contribution in [0.4, 0.5) is 0 Å². The van der Waals surface area contributed by atoms with Crippen LogP contribution < -0.4 is 5.73 Å². The van der Waals surface area contributed by atoms with Crippen molar-refractivity contribution in [1.82, 2.24) is 4.57 Å². The minimum atomic E-state index is -0.162. The summed E-state index contributed by atoms with van der Waals surface area (Å²) >= 11 is 0. The molecule has 42 heavy (non-hydrogen) atoms. The lowest BCUT2D eigenvalue weighted by Gasteiger charge is -2.26. The van der Waals surface area contributed by atoms with E-state index >= 15 is 0 Å². The van der Waals surface area contributed by atoms with E-state index in [1.54, 1.807) is 0 Å². The van der Waals surface area contributed by atoms with Crippen molar-refractivity contribution in [3.63, 3.8) is 0 Å². The lowest BCUT2D eigenvalue weighted by molar-refractivity contribution is 0.629. The second-order valence-corrected chi connectivity index (χ2v) is 11.1. The summed E-state index contributed by atoms with van der Waals surface area (Å²) in [7, 11) is 0. The third-order valence-electron chi connectivity index (χ3n) is 8.76. The molecule has 0 saturated heterocycles. The molecule has 2 unspecified atom stereocenters. The standard InChI is InChI=1S/C40H30N2/c41-40(31-15-5-2-6-16-31)37(29-13-3-1-4-14-29)30-19-23-32(24-20-30)42-35-25-21-27-11-7-9-17-33(27)38(35)39-34-18-10-8-12-28(34)22-26-36(39)42/h1-26,37,40H,41H2. The highest BCUT2D eigenvalue weighted by atomic mass is 15.0. The van der Waals surface area contributed by atoms with Gasteiger partial charge in [-0.15, -0.1) is 0 Å². The van der Waals surface area contributed by atoms with Crippen molar-refractivity contribution in [1.29, 1.82) is 0 Å². The molecule has 0 aliphatic carbocycles. The topological polar surface area (TPSA) is 30.9 Å². The number of nitrogens with two attached hydrogens (primary N) is 1. The van der Waals surface area contributed by atoms with Gasteiger partial charge < -0.3 is 10.3 Å². The minimum absolute atomic E-state index is 0.0358. The Morgan fingerprint density at radius 2 is 0.857 bits per heavy atom. The first-order chi connectivity index (χ1) is 20.8. The number of aromatic nitrogens is 1. The summed E-state index contributed by atoms with van der Waals surface area (Å²) in [6.45, 7) is 0. The first kappa shape index (κ1) is 24.6. The maximum atomic E-state index is 6.99. The molecule has 2 heteroatoms. The first-order valence-corrected chi connectivity index (χ1v) is 14.6. The second-order valence-electron chi connectivity index (χ2n) is 11.1. The molecule has 7 aromatic carbocycles. The molecule has 1 aromatic heterocycles. The van der Waals surface area contributed by atoms with Crippen molar-refractivity contribution >= 4 is 43.4 Å². The van der Waals surface area contributed by atoms with Crippen LogP contribution in [-0.2, 0) is 0 Å². The number of hydrogen-bond acceptors (Lipinski definition) is 1. The van der Waals surface area contributed by atoms with E-state index in [1.807, 2.05) is 6.07 Å². The summed E-state index contributed by atoms with van der Waals surface area (Å²) in [5.74, 6) is 0.0358. The average Bonchev–Trinajstić information content (AvgIpc) is 3.41. The van der Waals surface area contributed by atoms with Gasteiger partial charge in [0.15, 0.2) is 0 Å². The Bertz CT molecular complexity index is 2100. The third-order valence-corrected chi connectivity index (χ3v) is 8.76. The first-order valence-electron chi connectivity index (χ1n) is 14.6. The number of fused-ring (bicyclic) bond motifs is 7. The van der Waals surface area contributed by atoms with Gasteiger partial charge in [-0.05, 0) is 62.5 Å². The van der Waals surface area contributed by atoms with E-state index in [0.717, 1.165) is 11.3 Å². The average molecular weight is 539 g/mol. The maximum absolute atomic E-state index is 6.99. The van der Waals surface area contributed by atoms with Gasteiger partial charge in [0.25, 0.3) is 0 Å². The third kappa shape index (κ3) is 3.92. The van der Waals surface area contributed by atoms with Gasteiger partial charge in [0.1, 0.15) is 0 Å². The Hall–Kier alpha value is -5.18. The summed E-state index contributed by atoms with van der Waals surface area (Å²) in [4.78, 5) is 0. The van der Waals surface area contributed by atoms with Gasteiger partial charge >= 0.3 is 0 Å². The summed E-state index contributed by atoms with van der Waals surface area (Å²) in [6.07, 6.45) is 0. The van der Waals surface area contributed by atoms with E-state index in [2.05, 4.69) is 156 Å². The van der Waals surface area contributed by atoms with E-state index in [9.17, 15) is 0 Å². The molecule has 0 saturated carbocycles. The molecule has 0 fully saturated rings. The van der Waals surface area contributed by atoms with Crippen LogP contribution in [0.1, 0.15) is 28.7 Å². The van der Waals surface area contributed by atoms with Crippen molar-refractivity contribution < 1.29 is 0 Å². The van der Waals surface area contributed by atoms with Gasteiger partial charge in [-0.1, -0.05) is 133 Å². The highest BCUT2D eigenvalue weighted by Crippen LogP contribution is 2.41. The fourth-order valence-corrected chi connectivity index (χ4v) is 6.79. The van der Waals surface area contributed by atoms with Crippen LogP contribution in [-0.4, -0.2) is 4.57 Å². The van der Waals surface area contributed by atoms with Gasteiger partial charge in [0, 0.05) is 28.4 Å². The fourth-order valence-electron chi connectivity index (χ4n) is 6.79. The SMILES string of the molecule is NC(c1ccccc1)C(c1ccccc1)c1ccc(-n2c3ccc4ccccc4c3c3c4ccccc4ccc32)cc1. The van der Waals surface area contributed by atoms with Crippen LogP contribution >= 0.6 is 0 Å². The molecular formula is C40H30N2. The molecule has 2 nitrogen and oxygen atoms in total. The number of nitrogens with zero attached hydrogens (tertiary/aromatic N) is 1. The Balaban J connectivity index is 1.34. The highest BCUT2D eigenvalue weighted by Gasteiger charge is 2.24. The van der Waals surface area contributed by atoms with E-state index in [1.165, 1.54) is 54.5 Å². The lowest BCUT2D eigenvalue weighted by Crippen LogP contribution is -2.21. The van der Waals surface area contributed by atoms with Crippen LogP contribution in [0.15, 0.2) is 158 Å². The quantitative estimate of drug-likeness (QED) is 0.232. The van der Waals surface area contributed by atoms with Crippen molar-refractivity contribution in [2.45, 2.75) is 12.0 Å². The predicted molar refractivity (Wildman–Crippen MR) is 177 cm³/mol. The van der Waals surface area contributed by atoms with Crippen LogP contribution in [0.25, 0.3) is 49.0 Å². The Kier molecular flexibility index (Phi) is 5.87. The molecule has 1 heterocycles. The fraction of sp³-hybridized carbons (Fsp3) is 0.0500. The molecule has 2 N–H and O–H groups in total. The molecular weight excluding hydrogens is 508 g/mol. The predicted octanol–water partition coefficient (Wildman–Crippen LogP) is 9.92. The molecule has 0 bridgehead atoms. The summed E-state index contributed by atoms with van der Waals surface area (Å²) in [5, 5.41) is 7.68. The summed E-state index contributed by atoms with van der Waals surface area (Å²) < 4.78 is 2.42. The van der Waals surface area contributed by atoms with Crippen molar-refractivity contribution in [3.8, 4) is 5.69 Å². The van der Waals surface area contributed by atoms with Gasteiger partial charge in [0.05, 0.1) is 11.0 Å². The summed E-state index contributed by atoms with van der Waals surface area (Å²) in [5.41, 5.74) is 14.1. The van der Waals surface area contributed by atoms with E-state index in [4.69, 9.17) is 5.73 Å². The molecule has 0 radical (unpaired) electrons. The molecule has 0 aliphatic heterocycles.